The van der Waals surface area contributed by atoms with Gasteiger partial charge in [-0.2, -0.15) is 0 Å². The Hall–Kier alpha value is -2.89. The first-order chi connectivity index (χ1) is 16.5. The van der Waals surface area contributed by atoms with Crippen molar-refractivity contribution in [3.8, 4) is 11.1 Å². The average Bonchev–Trinajstić information content (AvgIpc) is 2.84. The molecule has 176 valence electrons. The minimum atomic E-state index is 0.141. The molecule has 3 aromatic rings. The summed E-state index contributed by atoms with van der Waals surface area (Å²) in [6.45, 7) is 7.70. The van der Waals surface area contributed by atoms with Crippen LogP contribution in [0.3, 0.4) is 0 Å². The predicted molar refractivity (Wildman–Crippen MR) is 138 cm³/mol. The molecule has 0 bridgehead atoms. The maximum Gasteiger partial charge on any atom is 0.228 e. The number of aryl methyl sites for hydroxylation is 1. The van der Waals surface area contributed by atoms with Gasteiger partial charge in [0.1, 0.15) is 0 Å². The number of pyridine rings is 1. The van der Waals surface area contributed by atoms with Crippen molar-refractivity contribution in [1.82, 2.24) is 14.8 Å². The van der Waals surface area contributed by atoms with E-state index >= 15 is 0 Å². The Labute approximate surface area is 207 Å². The minimum Gasteiger partial charge on any atom is -0.369 e. The SMILES string of the molecule is Cc1cc(Cl)ccc1-c1ccc(CC(=O)N2CCc3cccc(N4CCN(C)CC4)c3C2)nc1. The summed E-state index contributed by atoms with van der Waals surface area (Å²) >= 11 is 6.09. The number of fused-ring (bicyclic) bond motifs is 1. The van der Waals surface area contributed by atoms with Crippen LogP contribution in [0.25, 0.3) is 11.1 Å². The summed E-state index contributed by atoms with van der Waals surface area (Å²) in [5.41, 5.74) is 8.05. The van der Waals surface area contributed by atoms with Crippen molar-refractivity contribution >= 4 is 23.2 Å². The molecule has 0 atom stereocenters. The number of rotatable bonds is 4. The standard InChI is InChI=1S/C28H31ClN4O/c1-20-16-23(29)7-9-25(20)22-6-8-24(30-18-22)17-28(34)33-11-10-21-4-3-5-27(26(21)19-33)32-14-12-31(2)13-15-32/h3-9,16,18H,10-15,17,19H2,1-2H3. The molecule has 2 aromatic carbocycles. The lowest BCUT2D eigenvalue weighted by molar-refractivity contribution is -0.131. The van der Waals surface area contributed by atoms with Gasteiger partial charge in [0.25, 0.3) is 0 Å². The second kappa shape index (κ2) is 9.77. The molecule has 2 aliphatic heterocycles. The zero-order chi connectivity index (χ0) is 23.7. The summed E-state index contributed by atoms with van der Waals surface area (Å²) in [5.74, 6) is 0.141. The van der Waals surface area contributed by atoms with Crippen molar-refractivity contribution in [3.63, 3.8) is 0 Å². The number of amides is 1. The Morgan fingerprint density at radius 3 is 2.59 bits per heavy atom. The number of likely N-dealkylation sites (N-methyl/N-ethyl adjacent to an activating group) is 1. The molecule has 2 aliphatic rings. The van der Waals surface area contributed by atoms with E-state index < -0.39 is 0 Å². The topological polar surface area (TPSA) is 39.7 Å². The van der Waals surface area contributed by atoms with Crippen LogP contribution in [-0.4, -0.2) is 60.5 Å². The molecule has 0 radical (unpaired) electrons. The van der Waals surface area contributed by atoms with Crippen LogP contribution in [0, 0.1) is 6.92 Å². The first-order valence-corrected chi connectivity index (χ1v) is 12.4. The number of carbonyl (C=O) groups is 1. The minimum absolute atomic E-state index is 0.141. The van der Waals surface area contributed by atoms with Crippen LogP contribution in [0.4, 0.5) is 5.69 Å². The molecule has 1 amide bonds. The molecular weight excluding hydrogens is 444 g/mol. The van der Waals surface area contributed by atoms with Crippen molar-refractivity contribution in [3.05, 3.63) is 82.1 Å². The fourth-order valence-electron chi connectivity index (χ4n) is 5.03. The van der Waals surface area contributed by atoms with E-state index in [2.05, 4.69) is 40.0 Å². The summed E-state index contributed by atoms with van der Waals surface area (Å²) in [6, 6.07) is 16.5. The van der Waals surface area contributed by atoms with Crippen molar-refractivity contribution in [2.75, 3.05) is 44.7 Å². The van der Waals surface area contributed by atoms with E-state index in [4.69, 9.17) is 11.6 Å². The van der Waals surface area contributed by atoms with Crippen LogP contribution < -0.4 is 4.90 Å². The van der Waals surface area contributed by atoms with Gasteiger partial charge < -0.3 is 14.7 Å². The molecule has 0 saturated carbocycles. The molecule has 5 nitrogen and oxygen atoms in total. The maximum absolute atomic E-state index is 13.2. The number of anilines is 1. The number of halogens is 1. The van der Waals surface area contributed by atoms with Crippen LogP contribution in [0.5, 0.6) is 0 Å². The van der Waals surface area contributed by atoms with E-state index in [1.807, 2.05) is 48.4 Å². The van der Waals surface area contributed by atoms with Crippen molar-refractivity contribution in [1.29, 1.82) is 0 Å². The van der Waals surface area contributed by atoms with Crippen molar-refractivity contribution in [2.24, 2.45) is 0 Å². The second-order valence-electron chi connectivity index (χ2n) is 9.44. The van der Waals surface area contributed by atoms with Gasteiger partial charge in [-0.3, -0.25) is 9.78 Å². The monoisotopic (exact) mass is 474 g/mol. The fourth-order valence-corrected chi connectivity index (χ4v) is 5.25. The van der Waals surface area contributed by atoms with Gasteiger partial charge in [0.05, 0.1) is 6.42 Å². The lowest BCUT2D eigenvalue weighted by Gasteiger charge is -2.38. The van der Waals surface area contributed by atoms with Crippen LogP contribution in [0.2, 0.25) is 5.02 Å². The zero-order valence-corrected chi connectivity index (χ0v) is 20.7. The molecular formula is C28H31ClN4O. The van der Waals surface area contributed by atoms with Gasteiger partial charge in [-0.25, -0.2) is 0 Å². The lowest BCUT2D eigenvalue weighted by Crippen LogP contribution is -2.45. The van der Waals surface area contributed by atoms with Gasteiger partial charge >= 0.3 is 0 Å². The van der Waals surface area contributed by atoms with Crippen molar-refractivity contribution < 1.29 is 4.79 Å². The smallest absolute Gasteiger partial charge is 0.228 e. The number of benzene rings is 2. The largest absolute Gasteiger partial charge is 0.369 e. The third-order valence-electron chi connectivity index (χ3n) is 7.10. The molecule has 5 rings (SSSR count). The molecule has 6 heteroatoms. The molecule has 1 saturated heterocycles. The maximum atomic E-state index is 13.2. The number of aromatic nitrogens is 1. The summed E-state index contributed by atoms with van der Waals surface area (Å²) < 4.78 is 0. The summed E-state index contributed by atoms with van der Waals surface area (Å²) in [5, 5.41) is 0.732. The van der Waals surface area contributed by atoms with Crippen LogP contribution >= 0.6 is 11.6 Å². The number of hydrogen-bond donors (Lipinski definition) is 0. The van der Waals surface area contributed by atoms with Crippen LogP contribution in [0.1, 0.15) is 22.4 Å². The Morgan fingerprint density at radius 1 is 1.03 bits per heavy atom. The third kappa shape index (κ3) is 4.82. The average molecular weight is 475 g/mol. The third-order valence-corrected chi connectivity index (χ3v) is 7.34. The van der Waals surface area contributed by atoms with Gasteiger partial charge in [0.15, 0.2) is 0 Å². The molecule has 3 heterocycles. The highest BCUT2D eigenvalue weighted by atomic mass is 35.5. The lowest BCUT2D eigenvalue weighted by atomic mass is 9.96. The van der Waals surface area contributed by atoms with Gasteiger partial charge in [-0.05, 0) is 66.9 Å². The highest BCUT2D eigenvalue weighted by Crippen LogP contribution is 2.30. The quantitative estimate of drug-likeness (QED) is 0.554. The predicted octanol–water partition coefficient (Wildman–Crippen LogP) is 4.59. The van der Waals surface area contributed by atoms with Gasteiger partial charge in [-0.15, -0.1) is 0 Å². The highest BCUT2D eigenvalue weighted by molar-refractivity contribution is 6.30. The summed E-state index contributed by atoms with van der Waals surface area (Å²) in [7, 11) is 2.18. The van der Waals surface area contributed by atoms with E-state index in [0.29, 0.717) is 13.0 Å². The molecule has 1 aromatic heterocycles. The second-order valence-corrected chi connectivity index (χ2v) is 9.88. The zero-order valence-electron chi connectivity index (χ0n) is 19.9. The molecule has 1 fully saturated rings. The van der Waals surface area contributed by atoms with Gasteiger partial charge in [-0.1, -0.05) is 35.9 Å². The molecule has 0 spiro atoms. The van der Waals surface area contributed by atoms with Crippen molar-refractivity contribution in [2.45, 2.75) is 26.3 Å². The van der Waals surface area contributed by atoms with E-state index in [-0.39, 0.29) is 5.91 Å². The highest BCUT2D eigenvalue weighted by Gasteiger charge is 2.26. The Morgan fingerprint density at radius 2 is 1.85 bits per heavy atom. The van der Waals surface area contributed by atoms with E-state index in [0.717, 1.165) is 66.6 Å². The van der Waals surface area contributed by atoms with E-state index in [1.165, 1.54) is 16.8 Å². The van der Waals surface area contributed by atoms with Crippen LogP contribution in [-0.2, 0) is 24.2 Å². The first-order valence-electron chi connectivity index (χ1n) is 12.0. The number of carbonyl (C=O) groups excluding carboxylic acids is 1. The number of hydrogen-bond acceptors (Lipinski definition) is 4. The Balaban J connectivity index is 1.28. The van der Waals surface area contributed by atoms with Gasteiger partial charge in [0, 0.05) is 67.4 Å². The van der Waals surface area contributed by atoms with Crippen LogP contribution in [0.15, 0.2) is 54.7 Å². The van der Waals surface area contributed by atoms with E-state index in [9.17, 15) is 4.79 Å². The molecule has 0 aliphatic carbocycles. The Kier molecular flexibility index (Phi) is 6.57. The summed E-state index contributed by atoms with van der Waals surface area (Å²) in [6.07, 6.45) is 3.09. The molecule has 0 N–H and O–H groups in total. The normalized spacial score (nSPS) is 16.4. The number of piperazine rings is 1. The fraction of sp³-hybridized carbons (Fsp3) is 0.357. The first kappa shape index (κ1) is 22.9. The summed E-state index contributed by atoms with van der Waals surface area (Å²) in [4.78, 5) is 24.7. The number of nitrogens with zero attached hydrogens (tertiary/aromatic N) is 4. The van der Waals surface area contributed by atoms with Gasteiger partial charge in [0.2, 0.25) is 5.91 Å². The Bertz CT molecular complexity index is 1190. The van der Waals surface area contributed by atoms with E-state index in [1.54, 1.807) is 0 Å². The molecule has 0 unspecified atom stereocenters. The molecule has 34 heavy (non-hydrogen) atoms.